The first kappa shape index (κ1) is 8.76. The Balaban J connectivity index is 3.06. The quantitative estimate of drug-likeness (QED) is 0.611. The molecule has 0 heterocycles. The van der Waals surface area contributed by atoms with Gasteiger partial charge >= 0.3 is 0 Å². The molecule has 1 rings (SSSR count). The molecule has 0 N–H and O–H groups in total. The highest BCUT2D eigenvalue weighted by Gasteiger charge is 1.97. The molecule has 0 aliphatic rings. The normalized spacial score (nSPS) is 10.9. The van der Waals surface area contributed by atoms with Crippen LogP contribution in [0.4, 0.5) is 4.39 Å². The zero-order chi connectivity index (χ0) is 8.97. The largest absolute Gasteiger partial charge is 0.206 e. The van der Waals surface area contributed by atoms with Crippen LogP contribution >= 0.6 is 11.6 Å². The summed E-state index contributed by atoms with van der Waals surface area (Å²) >= 11 is 5.41. The highest BCUT2D eigenvalue weighted by molar-refractivity contribution is 6.33. The van der Waals surface area contributed by atoms with Crippen molar-refractivity contribution in [1.29, 1.82) is 5.26 Å². The Morgan fingerprint density at radius 3 is 2.75 bits per heavy atom. The molecule has 1 nitrogen and oxygen atoms in total. The summed E-state index contributed by atoms with van der Waals surface area (Å²) in [5.41, 5.74) is 0.323. The highest BCUT2D eigenvalue weighted by atomic mass is 35.5. The Morgan fingerprint density at radius 1 is 1.50 bits per heavy atom. The third kappa shape index (κ3) is 2.08. The summed E-state index contributed by atoms with van der Waals surface area (Å²) in [5, 5.41) is 8.29. The van der Waals surface area contributed by atoms with Crippen molar-refractivity contribution < 1.29 is 4.39 Å². The van der Waals surface area contributed by atoms with Gasteiger partial charge in [-0.1, -0.05) is 29.8 Å². The van der Waals surface area contributed by atoms with Crippen molar-refractivity contribution in [3.8, 4) is 6.07 Å². The monoisotopic (exact) mass is 181 g/mol. The summed E-state index contributed by atoms with van der Waals surface area (Å²) in [6.07, 6.45) is 1.29. The van der Waals surface area contributed by atoms with Crippen molar-refractivity contribution in [2.24, 2.45) is 0 Å². The van der Waals surface area contributed by atoms with Crippen molar-refractivity contribution >= 4 is 17.7 Å². The van der Waals surface area contributed by atoms with Crippen LogP contribution in [0.1, 0.15) is 5.56 Å². The third-order valence-electron chi connectivity index (χ3n) is 1.29. The molecule has 0 aliphatic heterocycles. The molecule has 0 amide bonds. The van der Waals surface area contributed by atoms with Crippen LogP contribution in [0.15, 0.2) is 29.3 Å². The number of allylic oxidation sites excluding steroid dienone is 1. The Kier molecular flexibility index (Phi) is 2.84. The minimum atomic E-state index is -0.383. The summed E-state index contributed by atoms with van der Waals surface area (Å²) in [4.78, 5) is 0. The average molecular weight is 182 g/mol. The number of halogens is 2. The van der Waals surface area contributed by atoms with Gasteiger partial charge < -0.3 is 0 Å². The van der Waals surface area contributed by atoms with Crippen LogP contribution in [0.5, 0.6) is 0 Å². The van der Waals surface area contributed by atoms with Crippen molar-refractivity contribution in [3.05, 3.63) is 40.7 Å². The van der Waals surface area contributed by atoms with Gasteiger partial charge in [0.05, 0.1) is 0 Å². The van der Waals surface area contributed by atoms with E-state index >= 15 is 0 Å². The van der Waals surface area contributed by atoms with E-state index in [9.17, 15) is 4.39 Å². The molecule has 1 aromatic rings. The predicted molar refractivity (Wildman–Crippen MR) is 45.8 cm³/mol. The second kappa shape index (κ2) is 3.89. The van der Waals surface area contributed by atoms with Gasteiger partial charge in [0.25, 0.3) is 0 Å². The van der Waals surface area contributed by atoms with E-state index in [-0.39, 0.29) is 10.8 Å². The SMILES string of the molecule is N#C/C(Cl)=C\c1ccccc1F. The summed E-state index contributed by atoms with van der Waals surface area (Å²) < 4.78 is 12.9. The predicted octanol–water partition coefficient (Wildman–Crippen LogP) is 2.93. The Hall–Kier alpha value is -1.33. The summed E-state index contributed by atoms with van der Waals surface area (Å²) in [6, 6.07) is 7.82. The van der Waals surface area contributed by atoms with Gasteiger partial charge in [0.15, 0.2) is 0 Å². The van der Waals surface area contributed by atoms with Gasteiger partial charge in [0, 0.05) is 5.56 Å². The number of nitriles is 1. The number of rotatable bonds is 1. The van der Waals surface area contributed by atoms with Crippen LogP contribution in [-0.4, -0.2) is 0 Å². The lowest BCUT2D eigenvalue weighted by molar-refractivity contribution is 0.625. The zero-order valence-corrected chi connectivity index (χ0v) is 6.85. The van der Waals surface area contributed by atoms with Crippen molar-refractivity contribution in [2.45, 2.75) is 0 Å². The fourth-order valence-electron chi connectivity index (χ4n) is 0.761. The standard InChI is InChI=1S/C9H5ClFN/c10-8(6-12)5-7-3-1-2-4-9(7)11/h1-5H/b8-5+. The topological polar surface area (TPSA) is 23.8 Å². The van der Waals surface area contributed by atoms with Crippen LogP contribution in [0.3, 0.4) is 0 Å². The maximum atomic E-state index is 12.9. The molecule has 0 unspecified atom stereocenters. The van der Waals surface area contributed by atoms with Gasteiger partial charge in [-0.25, -0.2) is 4.39 Å². The number of benzene rings is 1. The Bertz CT molecular complexity index is 352. The lowest BCUT2D eigenvalue weighted by Gasteiger charge is -1.93. The molecule has 0 bridgehead atoms. The summed E-state index contributed by atoms with van der Waals surface area (Å²) in [5.74, 6) is -0.383. The molecule has 3 heteroatoms. The molecule has 1 aromatic carbocycles. The van der Waals surface area contributed by atoms with E-state index in [2.05, 4.69) is 0 Å². The molecule has 0 radical (unpaired) electrons. The molecule has 0 fully saturated rings. The fraction of sp³-hybridized carbons (Fsp3) is 0. The van der Waals surface area contributed by atoms with Crippen LogP contribution < -0.4 is 0 Å². The first-order chi connectivity index (χ1) is 5.74. The summed E-state index contributed by atoms with van der Waals surface area (Å²) in [6.45, 7) is 0. The molecule has 0 spiro atoms. The lowest BCUT2D eigenvalue weighted by atomic mass is 10.2. The maximum absolute atomic E-state index is 12.9. The Labute approximate surface area is 74.7 Å². The fourth-order valence-corrected chi connectivity index (χ4v) is 0.879. The smallest absolute Gasteiger partial charge is 0.130 e. The van der Waals surface area contributed by atoms with E-state index in [1.54, 1.807) is 24.3 Å². The minimum absolute atomic E-state index is 0.0277. The molecule has 0 aromatic heterocycles. The molecular formula is C9H5ClFN. The molecular weight excluding hydrogens is 177 g/mol. The highest BCUT2D eigenvalue weighted by Crippen LogP contribution is 2.12. The van der Waals surface area contributed by atoms with Gasteiger partial charge in [0.1, 0.15) is 16.9 Å². The molecule has 0 saturated heterocycles. The van der Waals surface area contributed by atoms with Gasteiger partial charge in [-0.2, -0.15) is 5.26 Å². The van der Waals surface area contributed by atoms with Crippen LogP contribution in [-0.2, 0) is 0 Å². The number of hydrogen-bond donors (Lipinski definition) is 0. The molecule has 12 heavy (non-hydrogen) atoms. The van der Waals surface area contributed by atoms with E-state index in [0.29, 0.717) is 5.56 Å². The van der Waals surface area contributed by atoms with Gasteiger partial charge in [-0.3, -0.25) is 0 Å². The van der Waals surface area contributed by atoms with Gasteiger partial charge in [0.2, 0.25) is 0 Å². The van der Waals surface area contributed by atoms with Crippen LogP contribution in [0, 0.1) is 17.1 Å². The lowest BCUT2D eigenvalue weighted by Crippen LogP contribution is -1.79. The molecule has 0 atom stereocenters. The number of hydrogen-bond acceptors (Lipinski definition) is 1. The van der Waals surface area contributed by atoms with Gasteiger partial charge in [-0.15, -0.1) is 0 Å². The van der Waals surface area contributed by atoms with Crippen molar-refractivity contribution in [3.63, 3.8) is 0 Å². The van der Waals surface area contributed by atoms with E-state index in [4.69, 9.17) is 16.9 Å². The van der Waals surface area contributed by atoms with Crippen molar-refractivity contribution in [2.75, 3.05) is 0 Å². The Morgan fingerprint density at radius 2 is 2.17 bits per heavy atom. The first-order valence-electron chi connectivity index (χ1n) is 3.26. The second-order valence-corrected chi connectivity index (χ2v) is 2.53. The van der Waals surface area contributed by atoms with Gasteiger partial charge in [-0.05, 0) is 12.1 Å². The average Bonchev–Trinajstić information content (AvgIpc) is 2.09. The van der Waals surface area contributed by atoms with E-state index in [1.165, 1.54) is 12.1 Å². The molecule has 0 saturated carbocycles. The van der Waals surface area contributed by atoms with Crippen LogP contribution in [0.25, 0.3) is 6.08 Å². The van der Waals surface area contributed by atoms with Crippen LogP contribution in [0.2, 0.25) is 0 Å². The first-order valence-corrected chi connectivity index (χ1v) is 3.63. The zero-order valence-electron chi connectivity index (χ0n) is 6.09. The maximum Gasteiger partial charge on any atom is 0.130 e. The second-order valence-electron chi connectivity index (χ2n) is 2.13. The molecule has 60 valence electrons. The number of nitrogens with zero attached hydrogens (tertiary/aromatic N) is 1. The van der Waals surface area contributed by atoms with E-state index in [0.717, 1.165) is 0 Å². The van der Waals surface area contributed by atoms with E-state index < -0.39 is 0 Å². The summed E-state index contributed by atoms with van der Waals surface area (Å²) in [7, 11) is 0. The van der Waals surface area contributed by atoms with Crippen molar-refractivity contribution in [1.82, 2.24) is 0 Å². The molecule has 0 aliphatic carbocycles. The minimum Gasteiger partial charge on any atom is -0.206 e. The third-order valence-corrected chi connectivity index (χ3v) is 1.49. The van der Waals surface area contributed by atoms with E-state index in [1.807, 2.05) is 0 Å².